The lowest BCUT2D eigenvalue weighted by Gasteiger charge is -2.23. The molecule has 0 saturated carbocycles. The predicted octanol–water partition coefficient (Wildman–Crippen LogP) is 1.00. The molecular weight excluding hydrogens is 204 g/mol. The number of ether oxygens (including phenoxy) is 1. The number of likely N-dealkylation sites (tertiary alicyclic amines) is 1. The summed E-state index contributed by atoms with van der Waals surface area (Å²) >= 11 is 0. The second-order valence-corrected chi connectivity index (χ2v) is 5.24. The molecule has 0 aromatic rings. The normalized spacial score (nSPS) is 20.6. The van der Waals surface area contributed by atoms with Crippen LogP contribution >= 0.6 is 0 Å². The SMILES string of the molecule is CC1(C)CCCN(C(=O)COCCN)CC1. The molecule has 0 atom stereocenters. The van der Waals surface area contributed by atoms with Gasteiger partial charge in [-0.05, 0) is 24.7 Å². The molecule has 1 aliphatic rings. The smallest absolute Gasteiger partial charge is 0.248 e. The fourth-order valence-corrected chi connectivity index (χ4v) is 2.01. The highest BCUT2D eigenvalue weighted by molar-refractivity contribution is 5.77. The van der Waals surface area contributed by atoms with Crippen molar-refractivity contribution in [2.75, 3.05) is 32.8 Å². The van der Waals surface area contributed by atoms with Crippen molar-refractivity contribution in [3.05, 3.63) is 0 Å². The zero-order valence-electron chi connectivity index (χ0n) is 10.5. The minimum absolute atomic E-state index is 0.103. The molecule has 0 bridgehead atoms. The molecule has 0 spiro atoms. The molecule has 2 N–H and O–H groups in total. The third kappa shape index (κ3) is 4.49. The maximum absolute atomic E-state index is 11.8. The molecule has 0 unspecified atom stereocenters. The summed E-state index contributed by atoms with van der Waals surface area (Å²) in [7, 11) is 0. The first-order valence-corrected chi connectivity index (χ1v) is 6.11. The second-order valence-electron chi connectivity index (χ2n) is 5.24. The van der Waals surface area contributed by atoms with E-state index in [1.807, 2.05) is 4.90 Å². The number of carbonyl (C=O) groups excluding carboxylic acids is 1. The monoisotopic (exact) mass is 228 g/mol. The van der Waals surface area contributed by atoms with Crippen molar-refractivity contribution < 1.29 is 9.53 Å². The molecule has 1 rings (SSSR count). The standard InChI is InChI=1S/C12H24N2O2/c1-12(2)4-3-7-14(8-5-12)11(15)10-16-9-6-13/h3-10,13H2,1-2H3. The molecule has 1 aliphatic heterocycles. The van der Waals surface area contributed by atoms with Crippen molar-refractivity contribution in [2.24, 2.45) is 11.1 Å². The number of hydrogen-bond donors (Lipinski definition) is 1. The highest BCUT2D eigenvalue weighted by Gasteiger charge is 2.25. The largest absolute Gasteiger partial charge is 0.370 e. The van der Waals surface area contributed by atoms with E-state index >= 15 is 0 Å². The van der Waals surface area contributed by atoms with Crippen molar-refractivity contribution in [1.29, 1.82) is 0 Å². The maximum atomic E-state index is 11.8. The third-order valence-corrected chi connectivity index (χ3v) is 3.18. The van der Waals surface area contributed by atoms with Crippen molar-refractivity contribution in [1.82, 2.24) is 4.90 Å². The van der Waals surface area contributed by atoms with Crippen molar-refractivity contribution in [3.63, 3.8) is 0 Å². The van der Waals surface area contributed by atoms with Gasteiger partial charge in [-0.1, -0.05) is 13.8 Å². The second kappa shape index (κ2) is 6.21. The summed E-state index contributed by atoms with van der Waals surface area (Å²) in [6.07, 6.45) is 3.37. The number of amides is 1. The molecule has 0 aromatic carbocycles. The van der Waals surface area contributed by atoms with Gasteiger partial charge in [0.25, 0.3) is 0 Å². The van der Waals surface area contributed by atoms with Gasteiger partial charge in [0.05, 0.1) is 6.61 Å². The van der Waals surface area contributed by atoms with Crippen LogP contribution in [-0.4, -0.2) is 43.7 Å². The molecule has 4 nitrogen and oxygen atoms in total. The maximum Gasteiger partial charge on any atom is 0.248 e. The Hall–Kier alpha value is -0.610. The number of carbonyl (C=O) groups is 1. The van der Waals surface area contributed by atoms with Gasteiger partial charge in [-0.2, -0.15) is 0 Å². The number of nitrogens with two attached hydrogens (primary N) is 1. The van der Waals surface area contributed by atoms with E-state index in [0.717, 1.165) is 25.9 Å². The number of rotatable bonds is 4. The fraction of sp³-hybridized carbons (Fsp3) is 0.917. The van der Waals surface area contributed by atoms with Crippen LogP contribution in [0.1, 0.15) is 33.1 Å². The quantitative estimate of drug-likeness (QED) is 0.730. The van der Waals surface area contributed by atoms with Crippen LogP contribution in [0.15, 0.2) is 0 Å². The first-order chi connectivity index (χ1) is 7.55. The van der Waals surface area contributed by atoms with E-state index in [0.29, 0.717) is 18.6 Å². The third-order valence-electron chi connectivity index (χ3n) is 3.18. The summed E-state index contributed by atoms with van der Waals surface area (Å²) in [5.74, 6) is 0.103. The Balaban J connectivity index is 2.33. The lowest BCUT2D eigenvalue weighted by Crippen LogP contribution is -2.35. The molecule has 16 heavy (non-hydrogen) atoms. The molecule has 1 heterocycles. The molecular formula is C12H24N2O2. The van der Waals surface area contributed by atoms with Gasteiger partial charge in [0.1, 0.15) is 6.61 Å². The van der Waals surface area contributed by atoms with Crippen LogP contribution in [0.25, 0.3) is 0 Å². The predicted molar refractivity (Wildman–Crippen MR) is 64.1 cm³/mol. The Labute approximate surface area is 98.1 Å². The average Bonchev–Trinajstić information content (AvgIpc) is 2.39. The van der Waals surface area contributed by atoms with Gasteiger partial charge in [0.15, 0.2) is 0 Å². The Morgan fingerprint density at radius 1 is 1.38 bits per heavy atom. The van der Waals surface area contributed by atoms with Crippen LogP contribution in [0.5, 0.6) is 0 Å². The minimum Gasteiger partial charge on any atom is -0.370 e. The summed E-state index contributed by atoms with van der Waals surface area (Å²) in [6.45, 7) is 7.38. The summed E-state index contributed by atoms with van der Waals surface area (Å²) in [5, 5.41) is 0. The molecule has 1 saturated heterocycles. The molecule has 0 aliphatic carbocycles. The number of nitrogens with zero attached hydrogens (tertiary/aromatic N) is 1. The van der Waals surface area contributed by atoms with Crippen LogP contribution in [0.2, 0.25) is 0 Å². The van der Waals surface area contributed by atoms with E-state index < -0.39 is 0 Å². The fourth-order valence-electron chi connectivity index (χ4n) is 2.01. The number of hydrogen-bond acceptors (Lipinski definition) is 3. The first-order valence-electron chi connectivity index (χ1n) is 6.11. The Morgan fingerprint density at radius 3 is 2.81 bits per heavy atom. The lowest BCUT2D eigenvalue weighted by molar-refractivity contribution is -0.136. The van der Waals surface area contributed by atoms with E-state index in [9.17, 15) is 4.79 Å². The zero-order valence-corrected chi connectivity index (χ0v) is 10.5. The lowest BCUT2D eigenvalue weighted by atomic mass is 9.85. The van der Waals surface area contributed by atoms with Gasteiger partial charge < -0.3 is 15.4 Å². The van der Waals surface area contributed by atoms with Crippen LogP contribution in [0, 0.1) is 5.41 Å². The van der Waals surface area contributed by atoms with E-state index in [-0.39, 0.29) is 12.5 Å². The summed E-state index contributed by atoms with van der Waals surface area (Å²) in [4.78, 5) is 13.7. The highest BCUT2D eigenvalue weighted by Crippen LogP contribution is 2.29. The first kappa shape index (κ1) is 13.5. The summed E-state index contributed by atoms with van der Waals surface area (Å²) in [5.41, 5.74) is 5.67. The van der Waals surface area contributed by atoms with Crippen molar-refractivity contribution in [3.8, 4) is 0 Å². The molecule has 4 heteroatoms. The molecule has 94 valence electrons. The molecule has 0 radical (unpaired) electrons. The Kier molecular flexibility index (Phi) is 5.22. The van der Waals surface area contributed by atoms with E-state index in [4.69, 9.17) is 10.5 Å². The molecule has 0 aromatic heterocycles. The topological polar surface area (TPSA) is 55.6 Å². The van der Waals surface area contributed by atoms with E-state index in [2.05, 4.69) is 13.8 Å². The summed E-state index contributed by atoms with van der Waals surface area (Å²) < 4.78 is 5.17. The average molecular weight is 228 g/mol. The molecule has 1 amide bonds. The van der Waals surface area contributed by atoms with Gasteiger partial charge in [0.2, 0.25) is 5.91 Å². The minimum atomic E-state index is 0.103. The van der Waals surface area contributed by atoms with Crippen LogP contribution in [-0.2, 0) is 9.53 Å². The Morgan fingerprint density at radius 2 is 2.12 bits per heavy atom. The van der Waals surface area contributed by atoms with Gasteiger partial charge in [-0.15, -0.1) is 0 Å². The van der Waals surface area contributed by atoms with Crippen LogP contribution < -0.4 is 5.73 Å². The van der Waals surface area contributed by atoms with Crippen LogP contribution in [0.3, 0.4) is 0 Å². The van der Waals surface area contributed by atoms with Gasteiger partial charge in [-0.3, -0.25) is 4.79 Å². The van der Waals surface area contributed by atoms with E-state index in [1.54, 1.807) is 0 Å². The van der Waals surface area contributed by atoms with E-state index in [1.165, 1.54) is 6.42 Å². The van der Waals surface area contributed by atoms with Gasteiger partial charge in [0, 0.05) is 19.6 Å². The zero-order chi connectivity index (χ0) is 12.0. The van der Waals surface area contributed by atoms with Gasteiger partial charge in [-0.25, -0.2) is 0 Å². The van der Waals surface area contributed by atoms with Gasteiger partial charge >= 0.3 is 0 Å². The Bertz CT molecular complexity index is 229. The molecule has 1 fully saturated rings. The van der Waals surface area contributed by atoms with Crippen LogP contribution in [0.4, 0.5) is 0 Å². The van der Waals surface area contributed by atoms with Crippen molar-refractivity contribution in [2.45, 2.75) is 33.1 Å². The summed E-state index contributed by atoms with van der Waals surface area (Å²) in [6, 6.07) is 0. The highest BCUT2D eigenvalue weighted by atomic mass is 16.5. The van der Waals surface area contributed by atoms with Crippen molar-refractivity contribution >= 4 is 5.91 Å².